The first-order valence-electron chi connectivity index (χ1n) is 10.7. The molecule has 2 atom stereocenters. The van der Waals surface area contributed by atoms with Gasteiger partial charge in [0.25, 0.3) is 0 Å². The Morgan fingerprint density at radius 2 is 1.64 bits per heavy atom. The summed E-state index contributed by atoms with van der Waals surface area (Å²) in [5.41, 5.74) is 5.20. The molecule has 0 amide bonds. The largest absolute Gasteiger partial charge is 0.493 e. The maximum absolute atomic E-state index is 6.47. The van der Waals surface area contributed by atoms with Crippen molar-refractivity contribution in [2.24, 2.45) is 5.10 Å². The normalized spacial score (nSPS) is 18.7. The summed E-state index contributed by atoms with van der Waals surface area (Å²) in [6, 6.07) is 18.0. The van der Waals surface area contributed by atoms with Gasteiger partial charge in [0.2, 0.25) is 12.0 Å². The van der Waals surface area contributed by atoms with Crippen LogP contribution < -0.4 is 18.9 Å². The standard InChI is InChI=1S/C26H25ClN2O4/c1-15-5-7-16(8-6-15)20-14-21-19-13-18(27)9-10-22(19)33-26(29(21)28-20)17-11-23(30-2)25(32-4)24(12-17)31-3/h5-13,21,26H,14H2,1-4H3/t21-,26-/m1/s1. The summed E-state index contributed by atoms with van der Waals surface area (Å²) in [6.07, 6.45) is 0.279. The van der Waals surface area contributed by atoms with E-state index in [4.69, 9.17) is 35.6 Å². The molecule has 0 saturated carbocycles. The molecule has 7 heteroatoms. The van der Waals surface area contributed by atoms with Crippen LogP contribution in [0.1, 0.15) is 40.9 Å². The molecule has 0 saturated heterocycles. The molecule has 0 spiro atoms. The molecule has 2 heterocycles. The molecule has 6 nitrogen and oxygen atoms in total. The number of benzene rings is 3. The summed E-state index contributed by atoms with van der Waals surface area (Å²) in [5, 5.41) is 7.70. The summed E-state index contributed by atoms with van der Waals surface area (Å²) in [4.78, 5) is 0. The fraction of sp³-hybridized carbons (Fsp3) is 0.269. The number of hydrogen-bond acceptors (Lipinski definition) is 6. The zero-order valence-electron chi connectivity index (χ0n) is 19.0. The van der Waals surface area contributed by atoms with E-state index in [9.17, 15) is 0 Å². The van der Waals surface area contributed by atoms with Gasteiger partial charge in [-0.15, -0.1) is 0 Å². The number of aryl methyl sites for hydroxylation is 1. The van der Waals surface area contributed by atoms with Crippen molar-refractivity contribution in [2.75, 3.05) is 21.3 Å². The average Bonchev–Trinajstić information content (AvgIpc) is 3.29. The highest BCUT2D eigenvalue weighted by molar-refractivity contribution is 6.30. The molecule has 170 valence electrons. The SMILES string of the molecule is COc1cc([C@H]2Oc3ccc(Cl)cc3[C@H]3CC(c4ccc(C)cc4)=NN32)cc(OC)c1OC. The number of halogens is 1. The third-order valence-electron chi connectivity index (χ3n) is 6.11. The van der Waals surface area contributed by atoms with Gasteiger partial charge in [-0.1, -0.05) is 41.4 Å². The summed E-state index contributed by atoms with van der Waals surface area (Å²) in [6.45, 7) is 2.08. The molecule has 3 aromatic rings. The van der Waals surface area contributed by atoms with Gasteiger partial charge in [-0.05, 0) is 42.8 Å². The predicted octanol–water partition coefficient (Wildman–Crippen LogP) is 5.92. The van der Waals surface area contributed by atoms with Crippen molar-refractivity contribution in [3.63, 3.8) is 0 Å². The molecule has 0 fully saturated rings. The van der Waals surface area contributed by atoms with Gasteiger partial charge < -0.3 is 18.9 Å². The van der Waals surface area contributed by atoms with Gasteiger partial charge in [-0.3, -0.25) is 0 Å². The lowest BCUT2D eigenvalue weighted by atomic mass is 9.95. The minimum Gasteiger partial charge on any atom is -0.493 e. The molecule has 5 rings (SSSR count). The number of hydrazone groups is 1. The molecule has 0 N–H and O–H groups in total. The van der Waals surface area contributed by atoms with Crippen molar-refractivity contribution in [3.05, 3.63) is 81.9 Å². The van der Waals surface area contributed by atoms with Crippen LogP contribution in [0.2, 0.25) is 5.02 Å². The molecular formula is C26H25ClN2O4. The molecule has 0 aliphatic carbocycles. The third-order valence-corrected chi connectivity index (χ3v) is 6.34. The van der Waals surface area contributed by atoms with Crippen molar-refractivity contribution < 1.29 is 18.9 Å². The highest BCUT2D eigenvalue weighted by Crippen LogP contribution is 2.50. The van der Waals surface area contributed by atoms with E-state index in [0.29, 0.717) is 22.3 Å². The summed E-state index contributed by atoms with van der Waals surface area (Å²) >= 11 is 6.35. The van der Waals surface area contributed by atoms with Crippen molar-refractivity contribution in [2.45, 2.75) is 25.6 Å². The molecular weight excluding hydrogens is 440 g/mol. The number of methoxy groups -OCH3 is 3. The zero-order valence-corrected chi connectivity index (χ0v) is 19.7. The Labute approximate surface area is 198 Å². The van der Waals surface area contributed by atoms with Crippen LogP contribution in [0.4, 0.5) is 0 Å². The Balaban J connectivity index is 1.63. The predicted molar refractivity (Wildman–Crippen MR) is 128 cm³/mol. The summed E-state index contributed by atoms with van der Waals surface area (Å²) in [5.74, 6) is 2.46. The number of rotatable bonds is 5. The summed E-state index contributed by atoms with van der Waals surface area (Å²) in [7, 11) is 4.80. The Bertz CT molecular complexity index is 1200. The first-order chi connectivity index (χ1) is 16.0. The fourth-order valence-corrected chi connectivity index (χ4v) is 4.62. The Morgan fingerprint density at radius 3 is 2.27 bits per heavy atom. The molecule has 3 aromatic carbocycles. The van der Waals surface area contributed by atoms with E-state index in [-0.39, 0.29) is 6.04 Å². The maximum atomic E-state index is 6.47. The Morgan fingerprint density at radius 1 is 0.939 bits per heavy atom. The second-order valence-corrected chi connectivity index (χ2v) is 8.56. The zero-order chi connectivity index (χ0) is 23.1. The summed E-state index contributed by atoms with van der Waals surface area (Å²) < 4.78 is 23.1. The lowest BCUT2D eigenvalue weighted by Crippen LogP contribution is -2.33. The quantitative estimate of drug-likeness (QED) is 0.469. The number of hydrogen-bond donors (Lipinski definition) is 0. The molecule has 0 aromatic heterocycles. The first-order valence-corrected chi connectivity index (χ1v) is 11.1. The van der Waals surface area contributed by atoms with Crippen LogP contribution in [-0.4, -0.2) is 32.0 Å². The Kier molecular flexibility index (Phi) is 5.54. The van der Waals surface area contributed by atoms with Crippen LogP contribution in [0.25, 0.3) is 0 Å². The molecule has 0 radical (unpaired) electrons. The third kappa shape index (κ3) is 3.74. The van der Waals surface area contributed by atoms with Gasteiger partial charge in [0.1, 0.15) is 5.75 Å². The van der Waals surface area contributed by atoms with E-state index >= 15 is 0 Å². The van der Waals surface area contributed by atoms with Gasteiger partial charge in [-0.2, -0.15) is 5.10 Å². The van der Waals surface area contributed by atoms with E-state index in [1.807, 2.05) is 35.3 Å². The minimum atomic E-state index is -0.472. The monoisotopic (exact) mass is 464 g/mol. The van der Waals surface area contributed by atoms with Crippen LogP contribution in [0.5, 0.6) is 23.0 Å². The van der Waals surface area contributed by atoms with E-state index < -0.39 is 6.23 Å². The first kappa shape index (κ1) is 21.5. The van der Waals surface area contributed by atoms with Crippen molar-refractivity contribution in [1.29, 1.82) is 0 Å². The van der Waals surface area contributed by atoms with Gasteiger partial charge in [0.15, 0.2) is 11.5 Å². The molecule has 33 heavy (non-hydrogen) atoms. The highest BCUT2D eigenvalue weighted by Gasteiger charge is 2.41. The van der Waals surface area contributed by atoms with Gasteiger partial charge in [0, 0.05) is 22.6 Å². The van der Waals surface area contributed by atoms with E-state index in [1.54, 1.807) is 21.3 Å². The van der Waals surface area contributed by atoms with Crippen molar-refractivity contribution in [3.8, 4) is 23.0 Å². The smallest absolute Gasteiger partial charge is 0.214 e. The number of ether oxygens (including phenoxy) is 4. The van der Waals surface area contributed by atoms with Gasteiger partial charge in [0.05, 0.1) is 33.1 Å². The number of fused-ring (bicyclic) bond motifs is 3. The van der Waals surface area contributed by atoms with Crippen molar-refractivity contribution in [1.82, 2.24) is 5.01 Å². The second-order valence-electron chi connectivity index (χ2n) is 8.12. The molecule has 2 aliphatic rings. The van der Waals surface area contributed by atoms with Crippen LogP contribution in [-0.2, 0) is 0 Å². The van der Waals surface area contributed by atoms with E-state index in [2.05, 4.69) is 31.2 Å². The maximum Gasteiger partial charge on any atom is 0.214 e. The van der Waals surface area contributed by atoms with Crippen LogP contribution in [0.15, 0.2) is 59.7 Å². The molecule has 0 unspecified atom stereocenters. The van der Waals surface area contributed by atoms with E-state index in [0.717, 1.165) is 34.6 Å². The minimum absolute atomic E-state index is 0.00663. The highest BCUT2D eigenvalue weighted by atomic mass is 35.5. The Hall–Kier alpha value is -3.38. The van der Waals surface area contributed by atoms with E-state index in [1.165, 1.54) is 5.56 Å². The fourth-order valence-electron chi connectivity index (χ4n) is 4.44. The van der Waals surface area contributed by atoms with Crippen LogP contribution in [0, 0.1) is 6.92 Å². The van der Waals surface area contributed by atoms with Gasteiger partial charge in [-0.25, -0.2) is 5.01 Å². The second kappa shape index (κ2) is 8.52. The van der Waals surface area contributed by atoms with Crippen molar-refractivity contribution >= 4 is 17.3 Å². The van der Waals surface area contributed by atoms with Gasteiger partial charge >= 0.3 is 0 Å². The molecule has 2 aliphatic heterocycles. The topological polar surface area (TPSA) is 52.5 Å². The molecule has 0 bridgehead atoms. The van der Waals surface area contributed by atoms with Crippen LogP contribution in [0.3, 0.4) is 0 Å². The number of nitrogens with zero attached hydrogens (tertiary/aromatic N) is 2. The van der Waals surface area contributed by atoms with Crippen LogP contribution >= 0.6 is 11.6 Å². The lowest BCUT2D eigenvalue weighted by molar-refractivity contribution is -0.0192. The lowest BCUT2D eigenvalue weighted by Gasteiger charge is -2.38. The average molecular weight is 465 g/mol.